The summed E-state index contributed by atoms with van der Waals surface area (Å²) in [6.45, 7) is 4.02. The van der Waals surface area contributed by atoms with Gasteiger partial charge in [0.15, 0.2) is 0 Å². The van der Waals surface area contributed by atoms with Gasteiger partial charge in [0, 0.05) is 25.0 Å². The monoisotopic (exact) mass is 124 g/mol. The molecule has 0 saturated carbocycles. The first-order valence-electron chi connectivity index (χ1n) is 3.88. The Morgan fingerprint density at radius 2 is 2.11 bits per heavy atom. The Labute approximate surface area is 55.2 Å². The Bertz CT molecular complexity index is 147. The summed E-state index contributed by atoms with van der Waals surface area (Å²) in [5, 5.41) is 3.49. The first-order valence-corrected chi connectivity index (χ1v) is 3.88. The van der Waals surface area contributed by atoms with Crippen molar-refractivity contribution in [2.75, 3.05) is 19.6 Å². The Hall–Kier alpha value is -0.0800. The van der Waals surface area contributed by atoms with Crippen molar-refractivity contribution < 1.29 is 0 Å². The van der Waals surface area contributed by atoms with Gasteiger partial charge in [0.2, 0.25) is 0 Å². The number of nitrogens with one attached hydrogen (secondary N) is 1. The second-order valence-electron chi connectivity index (χ2n) is 3.68. The molecule has 0 aromatic carbocycles. The van der Waals surface area contributed by atoms with Crippen LogP contribution in [0.4, 0.5) is 0 Å². The van der Waals surface area contributed by atoms with Crippen LogP contribution in [0, 0.1) is 5.41 Å². The van der Waals surface area contributed by atoms with Gasteiger partial charge >= 0.3 is 0 Å². The molecule has 0 aliphatic carbocycles. The van der Waals surface area contributed by atoms with Crippen molar-refractivity contribution in [1.29, 1.82) is 0 Å². The van der Waals surface area contributed by atoms with E-state index in [0.29, 0.717) is 0 Å². The van der Waals surface area contributed by atoms with E-state index in [9.17, 15) is 0 Å². The molecule has 0 radical (unpaired) electrons. The summed E-state index contributed by atoms with van der Waals surface area (Å²) in [4.78, 5) is 2.59. The van der Waals surface area contributed by atoms with Crippen LogP contribution in [0.3, 0.4) is 0 Å². The number of rotatable bonds is 0. The van der Waals surface area contributed by atoms with Crippen molar-refractivity contribution in [3.63, 3.8) is 0 Å². The maximum Gasteiger partial charge on any atom is 0.0668 e. The molecule has 3 aliphatic heterocycles. The summed E-state index contributed by atoms with van der Waals surface area (Å²) in [7, 11) is 0. The Morgan fingerprint density at radius 3 is 2.33 bits per heavy atom. The third kappa shape index (κ3) is 0.356. The zero-order valence-electron chi connectivity index (χ0n) is 5.56. The fraction of sp³-hybridized carbons (Fsp3) is 1.00. The molecule has 3 aliphatic rings. The molecule has 0 aromatic rings. The summed E-state index contributed by atoms with van der Waals surface area (Å²) in [5.74, 6) is 0. The molecule has 9 heavy (non-hydrogen) atoms. The molecule has 0 spiro atoms. The molecule has 2 bridgehead atoms. The molecule has 0 amide bonds. The summed E-state index contributed by atoms with van der Waals surface area (Å²) >= 11 is 0. The molecule has 50 valence electrons. The predicted molar refractivity (Wildman–Crippen MR) is 35.0 cm³/mol. The van der Waals surface area contributed by atoms with Gasteiger partial charge in [-0.2, -0.15) is 0 Å². The summed E-state index contributed by atoms with van der Waals surface area (Å²) in [6, 6.07) is 0. The number of hydrogen-bond donors (Lipinski definition) is 1. The molecule has 0 aromatic heterocycles. The third-order valence-corrected chi connectivity index (χ3v) is 3.39. The third-order valence-electron chi connectivity index (χ3n) is 3.39. The lowest BCUT2D eigenvalue weighted by Gasteiger charge is -2.42. The second-order valence-corrected chi connectivity index (χ2v) is 3.68. The first kappa shape index (κ1) is 4.69. The highest BCUT2D eigenvalue weighted by Gasteiger charge is 2.57. The van der Waals surface area contributed by atoms with E-state index in [0.717, 1.165) is 11.6 Å². The van der Waals surface area contributed by atoms with Crippen molar-refractivity contribution in [2.45, 2.75) is 19.0 Å². The van der Waals surface area contributed by atoms with Crippen molar-refractivity contribution >= 4 is 0 Å². The molecule has 1 N–H and O–H groups in total. The number of nitrogens with zero attached hydrogens (tertiary/aromatic N) is 1. The standard InChI is InChI=1S/C7H12N2/c1-3-9-4-2-7(1)5-8-6(7)9/h6,8H,1-5H2. The average molecular weight is 124 g/mol. The lowest BCUT2D eigenvalue weighted by atomic mass is 9.77. The van der Waals surface area contributed by atoms with Crippen LogP contribution in [0.5, 0.6) is 0 Å². The largest absolute Gasteiger partial charge is 0.301 e. The molecular weight excluding hydrogens is 112 g/mol. The van der Waals surface area contributed by atoms with Gasteiger partial charge in [0.05, 0.1) is 6.17 Å². The van der Waals surface area contributed by atoms with Crippen LogP contribution in [0.2, 0.25) is 0 Å². The van der Waals surface area contributed by atoms with Gasteiger partial charge in [-0.3, -0.25) is 4.90 Å². The van der Waals surface area contributed by atoms with E-state index in [1.807, 2.05) is 0 Å². The van der Waals surface area contributed by atoms with Crippen molar-refractivity contribution in [3.8, 4) is 0 Å². The number of piperidine rings is 1. The predicted octanol–water partition coefficient (Wildman–Crippen LogP) is 0.0115. The molecule has 3 heterocycles. The Kier molecular flexibility index (Phi) is 0.616. The zero-order chi connectivity index (χ0) is 5.90. The minimum atomic E-state index is 0.764. The topological polar surface area (TPSA) is 15.3 Å². The smallest absolute Gasteiger partial charge is 0.0668 e. The van der Waals surface area contributed by atoms with Crippen LogP contribution >= 0.6 is 0 Å². The molecular formula is C7H12N2. The van der Waals surface area contributed by atoms with E-state index in [2.05, 4.69) is 10.2 Å². The van der Waals surface area contributed by atoms with Crippen LogP contribution in [0.15, 0.2) is 0 Å². The Balaban J connectivity index is 2.04. The van der Waals surface area contributed by atoms with E-state index in [4.69, 9.17) is 0 Å². The van der Waals surface area contributed by atoms with Crippen LogP contribution in [-0.4, -0.2) is 30.7 Å². The molecule has 3 fully saturated rings. The SMILES string of the molecule is C1CC23CCN1C2NC3. The number of hydrogen-bond acceptors (Lipinski definition) is 2. The van der Waals surface area contributed by atoms with Crippen molar-refractivity contribution in [3.05, 3.63) is 0 Å². The summed E-state index contributed by atoms with van der Waals surface area (Å²) < 4.78 is 0. The lowest BCUT2D eigenvalue weighted by Crippen LogP contribution is -2.59. The molecule has 1 unspecified atom stereocenters. The fourth-order valence-corrected chi connectivity index (χ4v) is 2.68. The van der Waals surface area contributed by atoms with Gasteiger partial charge in [0.1, 0.15) is 0 Å². The van der Waals surface area contributed by atoms with Crippen LogP contribution in [-0.2, 0) is 0 Å². The minimum Gasteiger partial charge on any atom is -0.301 e. The molecule has 2 heteroatoms. The van der Waals surface area contributed by atoms with Gasteiger partial charge in [-0.25, -0.2) is 0 Å². The summed E-state index contributed by atoms with van der Waals surface area (Å²) in [5.41, 5.74) is 0.764. The van der Waals surface area contributed by atoms with E-state index >= 15 is 0 Å². The highest BCUT2D eigenvalue weighted by Crippen LogP contribution is 2.49. The van der Waals surface area contributed by atoms with Crippen LogP contribution in [0.25, 0.3) is 0 Å². The van der Waals surface area contributed by atoms with Gasteiger partial charge in [-0.1, -0.05) is 0 Å². The maximum absolute atomic E-state index is 3.49. The molecule has 1 atom stereocenters. The van der Waals surface area contributed by atoms with Gasteiger partial charge in [-0.15, -0.1) is 0 Å². The van der Waals surface area contributed by atoms with Gasteiger partial charge in [-0.05, 0) is 12.8 Å². The molecule has 2 nitrogen and oxygen atoms in total. The average Bonchev–Trinajstić information content (AvgIpc) is 2.19. The van der Waals surface area contributed by atoms with E-state index in [-0.39, 0.29) is 0 Å². The van der Waals surface area contributed by atoms with E-state index in [1.165, 1.54) is 32.5 Å². The second kappa shape index (κ2) is 1.18. The lowest BCUT2D eigenvalue weighted by molar-refractivity contribution is 0.104. The highest BCUT2D eigenvalue weighted by atomic mass is 15.4. The van der Waals surface area contributed by atoms with Crippen molar-refractivity contribution in [1.82, 2.24) is 10.2 Å². The summed E-state index contributed by atoms with van der Waals surface area (Å²) in [6.07, 6.45) is 3.73. The highest BCUT2D eigenvalue weighted by molar-refractivity contribution is 5.11. The Morgan fingerprint density at radius 1 is 1.33 bits per heavy atom. The minimum absolute atomic E-state index is 0.764. The van der Waals surface area contributed by atoms with Crippen LogP contribution in [0.1, 0.15) is 12.8 Å². The maximum atomic E-state index is 3.49. The van der Waals surface area contributed by atoms with Crippen molar-refractivity contribution in [2.24, 2.45) is 5.41 Å². The fourth-order valence-electron chi connectivity index (χ4n) is 2.68. The van der Waals surface area contributed by atoms with Gasteiger partial charge < -0.3 is 5.32 Å². The van der Waals surface area contributed by atoms with E-state index in [1.54, 1.807) is 0 Å². The molecule has 3 saturated heterocycles. The van der Waals surface area contributed by atoms with Crippen LogP contribution < -0.4 is 5.32 Å². The normalized spacial score (nSPS) is 61.3. The molecule has 3 rings (SSSR count). The van der Waals surface area contributed by atoms with E-state index < -0.39 is 0 Å². The quantitative estimate of drug-likeness (QED) is 0.489. The first-order chi connectivity index (χ1) is 4.41. The van der Waals surface area contributed by atoms with Gasteiger partial charge in [0.25, 0.3) is 0 Å². The zero-order valence-corrected chi connectivity index (χ0v) is 5.56.